The van der Waals surface area contributed by atoms with Gasteiger partial charge in [0.25, 0.3) is 0 Å². The molecule has 4 heteroatoms. The van der Waals surface area contributed by atoms with Gasteiger partial charge in [0.1, 0.15) is 0 Å². The normalized spacial score (nSPS) is 10.7. The van der Waals surface area contributed by atoms with Gasteiger partial charge >= 0.3 is 0 Å². The van der Waals surface area contributed by atoms with Crippen molar-refractivity contribution in [1.29, 1.82) is 0 Å². The third-order valence-electron chi connectivity index (χ3n) is 3.03. The predicted molar refractivity (Wildman–Crippen MR) is 78.9 cm³/mol. The van der Waals surface area contributed by atoms with Crippen molar-refractivity contribution in [2.45, 2.75) is 27.3 Å². The molecule has 0 bridgehead atoms. The minimum Gasteiger partial charge on any atom is -0.381 e. The second kappa shape index (κ2) is 5.14. The average molecular weight is 308 g/mol. The lowest BCUT2D eigenvalue weighted by molar-refractivity contribution is 0.756. The smallest absolute Gasteiger partial charge is 0.0643 e. The minimum atomic E-state index is 0.806. The Morgan fingerprint density at radius 2 is 1.83 bits per heavy atom. The van der Waals surface area contributed by atoms with Crippen LogP contribution in [0.5, 0.6) is 0 Å². The van der Waals surface area contributed by atoms with Crippen LogP contribution in [-0.4, -0.2) is 9.78 Å². The van der Waals surface area contributed by atoms with E-state index in [1.54, 1.807) is 0 Å². The Morgan fingerprint density at radius 1 is 1.22 bits per heavy atom. The quantitative estimate of drug-likeness (QED) is 0.936. The third-order valence-corrected chi connectivity index (χ3v) is 4.29. The number of hydrogen-bond acceptors (Lipinski definition) is 2. The average Bonchev–Trinajstić information content (AvgIpc) is 2.62. The molecule has 0 aliphatic carbocycles. The Morgan fingerprint density at radius 3 is 2.33 bits per heavy atom. The molecule has 0 atom stereocenters. The molecular formula is C14H18BrN3. The van der Waals surface area contributed by atoms with E-state index in [1.807, 2.05) is 18.7 Å². The zero-order chi connectivity index (χ0) is 13.3. The molecule has 0 fully saturated rings. The molecule has 0 unspecified atom stereocenters. The van der Waals surface area contributed by atoms with E-state index in [1.165, 1.54) is 21.2 Å². The Bertz CT molecular complexity index is 549. The summed E-state index contributed by atoms with van der Waals surface area (Å²) in [6, 6.07) is 4.31. The van der Waals surface area contributed by atoms with E-state index < -0.39 is 0 Å². The van der Waals surface area contributed by atoms with Crippen molar-refractivity contribution in [3.8, 4) is 0 Å². The van der Waals surface area contributed by atoms with Crippen LogP contribution in [-0.2, 0) is 13.6 Å². The van der Waals surface area contributed by atoms with Gasteiger partial charge in [-0.05, 0) is 44.0 Å². The summed E-state index contributed by atoms with van der Waals surface area (Å²) >= 11 is 3.58. The number of nitrogens with zero attached hydrogens (tertiary/aromatic N) is 2. The van der Waals surface area contributed by atoms with Crippen molar-refractivity contribution in [3.05, 3.63) is 45.2 Å². The maximum atomic E-state index is 4.34. The van der Waals surface area contributed by atoms with Gasteiger partial charge in [-0.15, -0.1) is 0 Å². The molecule has 0 saturated heterocycles. The number of aromatic nitrogens is 2. The molecule has 0 saturated carbocycles. The number of nitrogens with one attached hydrogen (secondary N) is 1. The van der Waals surface area contributed by atoms with E-state index in [0.29, 0.717) is 0 Å². The van der Waals surface area contributed by atoms with Crippen LogP contribution in [0.3, 0.4) is 0 Å². The molecule has 0 aliphatic heterocycles. The molecule has 1 heterocycles. The molecule has 18 heavy (non-hydrogen) atoms. The Labute approximate surface area is 116 Å². The molecule has 2 rings (SSSR count). The highest BCUT2D eigenvalue weighted by molar-refractivity contribution is 9.10. The standard InChI is InChI=1S/C14H18BrN3/c1-9-5-13(6-10(2)14(9)15)16-7-12-8-18(4)17-11(12)3/h5-6,8,16H,7H2,1-4H3. The molecule has 1 N–H and O–H groups in total. The van der Waals surface area contributed by atoms with Gasteiger partial charge < -0.3 is 5.32 Å². The molecule has 96 valence electrons. The SMILES string of the molecule is Cc1cc(NCc2cn(C)nc2C)cc(C)c1Br. The zero-order valence-corrected chi connectivity index (χ0v) is 12.8. The van der Waals surface area contributed by atoms with Crippen LogP contribution in [0.25, 0.3) is 0 Å². The largest absolute Gasteiger partial charge is 0.381 e. The van der Waals surface area contributed by atoms with Crippen LogP contribution < -0.4 is 5.32 Å². The molecule has 0 spiro atoms. The summed E-state index contributed by atoms with van der Waals surface area (Å²) in [4.78, 5) is 0. The lowest BCUT2D eigenvalue weighted by atomic mass is 10.1. The van der Waals surface area contributed by atoms with Crippen LogP contribution in [0.4, 0.5) is 5.69 Å². The van der Waals surface area contributed by atoms with E-state index >= 15 is 0 Å². The molecule has 2 aromatic rings. The maximum absolute atomic E-state index is 4.34. The summed E-state index contributed by atoms with van der Waals surface area (Å²) in [5.41, 5.74) is 5.96. The molecule has 0 aliphatic rings. The number of rotatable bonds is 3. The second-order valence-corrected chi connectivity index (χ2v) is 5.48. The highest BCUT2D eigenvalue weighted by Gasteiger charge is 2.05. The van der Waals surface area contributed by atoms with Gasteiger partial charge in [-0.25, -0.2) is 0 Å². The van der Waals surface area contributed by atoms with E-state index in [-0.39, 0.29) is 0 Å². The molecule has 1 aromatic carbocycles. The number of hydrogen-bond donors (Lipinski definition) is 1. The van der Waals surface area contributed by atoms with Crippen molar-refractivity contribution in [1.82, 2.24) is 9.78 Å². The Kier molecular flexibility index (Phi) is 3.76. The van der Waals surface area contributed by atoms with Crippen LogP contribution in [0.15, 0.2) is 22.8 Å². The fourth-order valence-electron chi connectivity index (χ4n) is 2.07. The second-order valence-electron chi connectivity index (χ2n) is 4.69. The van der Waals surface area contributed by atoms with E-state index in [4.69, 9.17) is 0 Å². The van der Waals surface area contributed by atoms with Gasteiger partial charge in [0, 0.05) is 35.5 Å². The van der Waals surface area contributed by atoms with Gasteiger partial charge in [0.05, 0.1) is 5.69 Å². The molecule has 3 nitrogen and oxygen atoms in total. The lowest BCUT2D eigenvalue weighted by Crippen LogP contribution is -2.01. The molecule has 1 aromatic heterocycles. The molecule has 0 amide bonds. The third kappa shape index (κ3) is 2.75. The van der Waals surface area contributed by atoms with Gasteiger partial charge in [0.2, 0.25) is 0 Å². The van der Waals surface area contributed by atoms with E-state index in [9.17, 15) is 0 Å². The summed E-state index contributed by atoms with van der Waals surface area (Å²) < 4.78 is 3.04. The van der Waals surface area contributed by atoms with Crippen LogP contribution in [0.2, 0.25) is 0 Å². The Balaban J connectivity index is 2.13. The fourth-order valence-corrected chi connectivity index (χ4v) is 2.30. The summed E-state index contributed by atoms with van der Waals surface area (Å²) in [5, 5.41) is 7.79. The summed E-state index contributed by atoms with van der Waals surface area (Å²) in [6.07, 6.45) is 2.06. The van der Waals surface area contributed by atoms with Crippen molar-refractivity contribution in [2.75, 3.05) is 5.32 Å². The van der Waals surface area contributed by atoms with E-state index in [0.717, 1.165) is 17.9 Å². The first-order chi connectivity index (χ1) is 8.47. The van der Waals surface area contributed by atoms with Crippen LogP contribution in [0, 0.1) is 20.8 Å². The maximum Gasteiger partial charge on any atom is 0.0643 e. The first-order valence-corrected chi connectivity index (χ1v) is 6.76. The van der Waals surface area contributed by atoms with Gasteiger partial charge in [0.15, 0.2) is 0 Å². The lowest BCUT2D eigenvalue weighted by Gasteiger charge is -2.10. The Hall–Kier alpha value is -1.29. The summed E-state index contributed by atoms with van der Waals surface area (Å²) in [7, 11) is 1.95. The topological polar surface area (TPSA) is 29.9 Å². The monoisotopic (exact) mass is 307 g/mol. The highest BCUT2D eigenvalue weighted by atomic mass is 79.9. The van der Waals surface area contributed by atoms with Crippen molar-refractivity contribution < 1.29 is 0 Å². The number of halogens is 1. The van der Waals surface area contributed by atoms with E-state index in [2.05, 4.69) is 58.5 Å². The minimum absolute atomic E-state index is 0.806. The van der Waals surface area contributed by atoms with Gasteiger partial charge in [-0.3, -0.25) is 4.68 Å². The number of benzene rings is 1. The number of aryl methyl sites for hydroxylation is 4. The van der Waals surface area contributed by atoms with Gasteiger partial charge in [-0.1, -0.05) is 15.9 Å². The summed E-state index contributed by atoms with van der Waals surface area (Å²) in [6.45, 7) is 7.06. The van der Waals surface area contributed by atoms with Crippen molar-refractivity contribution in [2.24, 2.45) is 7.05 Å². The first-order valence-electron chi connectivity index (χ1n) is 5.97. The van der Waals surface area contributed by atoms with Crippen molar-refractivity contribution in [3.63, 3.8) is 0 Å². The molecule has 0 radical (unpaired) electrons. The van der Waals surface area contributed by atoms with Crippen LogP contribution >= 0.6 is 15.9 Å². The van der Waals surface area contributed by atoms with Crippen molar-refractivity contribution >= 4 is 21.6 Å². The summed E-state index contributed by atoms with van der Waals surface area (Å²) in [5.74, 6) is 0. The zero-order valence-electron chi connectivity index (χ0n) is 11.2. The fraction of sp³-hybridized carbons (Fsp3) is 0.357. The van der Waals surface area contributed by atoms with Gasteiger partial charge in [-0.2, -0.15) is 5.10 Å². The first kappa shape index (κ1) is 13.1. The molecular weight excluding hydrogens is 290 g/mol. The van der Waals surface area contributed by atoms with Crippen LogP contribution in [0.1, 0.15) is 22.4 Å². The highest BCUT2D eigenvalue weighted by Crippen LogP contribution is 2.25. The number of anilines is 1. The predicted octanol–water partition coefficient (Wildman–Crippen LogP) is 3.72.